The van der Waals surface area contributed by atoms with Gasteiger partial charge in [-0.1, -0.05) is 0 Å². The van der Waals surface area contributed by atoms with Crippen LogP contribution in [0, 0.1) is 0 Å². The van der Waals surface area contributed by atoms with Gasteiger partial charge >= 0.3 is 12.1 Å². The van der Waals surface area contributed by atoms with Crippen molar-refractivity contribution in [1.82, 2.24) is 0 Å². The minimum atomic E-state index is -0.784. The molecule has 74 valence electrons. The molecule has 1 aliphatic heterocycles. The molecule has 1 amide bonds. The number of ether oxygens (including phenoxy) is 2. The zero-order chi connectivity index (χ0) is 10.1. The van der Waals surface area contributed by atoms with Gasteiger partial charge in [0.05, 0.1) is 20.7 Å². The van der Waals surface area contributed by atoms with Crippen LogP contribution in [0.25, 0.3) is 0 Å². The van der Waals surface area contributed by atoms with Crippen LogP contribution < -0.4 is 5.84 Å². The van der Waals surface area contributed by atoms with Gasteiger partial charge < -0.3 is 9.47 Å². The molecule has 0 spiro atoms. The molecule has 1 heterocycles. The van der Waals surface area contributed by atoms with E-state index in [1.54, 1.807) is 0 Å². The van der Waals surface area contributed by atoms with E-state index in [4.69, 9.17) is 10.6 Å². The van der Waals surface area contributed by atoms with E-state index in [0.717, 1.165) is 0 Å². The number of carbonyl (C=O) groups excluding carboxylic acids is 2. The minimum Gasteiger partial charge on any atom is -0.463 e. The highest BCUT2D eigenvalue weighted by Gasteiger charge is 2.35. The normalized spacial score (nSPS) is 22.7. The molecule has 1 atom stereocenters. The summed E-state index contributed by atoms with van der Waals surface area (Å²) in [5, 5.41) is 0. The first kappa shape index (κ1) is 9.94. The summed E-state index contributed by atoms with van der Waals surface area (Å²) in [6, 6.07) is 0. The summed E-state index contributed by atoms with van der Waals surface area (Å²) >= 11 is 0. The molecule has 1 rings (SSSR count). The lowest BCUT2D eigenvalue weighted by Gasteiger charge is -2.19. The second-order valence-electron chi connectivity index (χ2n) is 3.37. The van der Waals surface area contributed by atoms with Crippen molar-refractivity contribution in [3.8, 4) is 0 Å². The zero-order valence-corrected chi connectivity index (χ0v) is 7.65. The summed E-state index contributed by atoms with van der Waals surface area (Å²) in [6.45, 7) is 0.300. The van der Waals surface area contributed by atoms with E-state index in [0.29, 0.717) is 13.0 Å². The summed E-state index contributed by atoms with van der Waals surface area (Å²) in [7, 11) is 2.92. The fourth-order valence-corrected chi connectivity index (χ4v) is 0.842. The molecule has 1 fully saturated rings. The van der Waals surface area contributed by atoms with Crippen molar-refractivity contribution in [2.75, 3.05) is 20.7 Å². The van der Waals surface area contributed by atoms with E-state index in [1.165, 1.54) is 14.1 Å². The number of quaternary nitrogens is 1. The predicted molar refractivity (Wildman–Crippen MR) is 42.1 cm³/mol. The monoisotopic (exact) mass is 189 g/mol. The van der Waals surface area contributed by atoms with Crippen molar-refractivity contribution in [1.29, 1.82) is 0 Å². The van der Waals surface area contributed by atoms with Crippen molar-refractivity contribution < 1.29 is 23.7 Å². The Hall–Kier alpha value is -1.14. The smallest absolute Gasteiger partial charge is 0.463 e. The summed E-state index contributed by atoms with van der Waals surface area (Å²) in [5.74, 6) is 4.92. The van der Waals surface area contributed by atoms with Crippen molar-refractivity contribution >= 4 is 12.1 Å². The highest BCUT2D eigenvalue weighted by atomic mass is 16.6. The topological polar surface area (TPSA) is 78.6 Å². The quantitative estimate of drug-likeness (QED) is 0.196. The standard InChI is InChI=1S/C7H13N2O4/c1-9(2,8)7(11)13-5-3-4-12-6(5)10/h5H,3-4,8H2,1-2H3/q+1. The van der Waals surface area contributed by atoms with Gasteiger partial charge in [0.2, 0.25) is 6.10 Å². The Bertz CT molecular complexity index is 233. The van der Waals surface area contributed by atoms with Crippen LogP contribution >= 0.6 is 0 Å². The maximum atomic E-state index is 11.2. The summed E-state index contributed by atoms with van der Waals surface area (Å²) in [6.07, 6.45) is -1.03. The van der Waals surface area contributed by atoms with Crippen LogP contribution in [-0.4, -0.2) is 43.5 Å². The van der Waals surface area contributed by atoms with Crippen LogP contribution in [0.3, 0.4) is 0 Å². The van der Waals surface area contributed by atoms with Crippen molar-refractivity contribution in [3.05, 3.63) is 0 Å². The summed E-state index contributed by atoms with van der Waals surface area (Å²) in [5.41, 5.74) is 0. The average molecular weight is 189 g/mol. The molecular formula is C7H13N2O4+. The lowest BCUT2D eigenvalue weighted by atomic mass is 10.3. The molecule has 0 bridgehead atoms. The van der Waals surface area contributed by atoms with Crippen LogP contribution in [0.1, 0.15) is 6.42 Å². The number of amides is 1. The molecule has 1 aliphatic rings. The van der Waals surface area contributed by atoms with E-state index in [2.05, 4.69) is 4.74 Å². The van der Waals surface area contributed by atoms with Crippen LogP contribution in [0.5, 0.6) is 0 Å². The van der Waals surface area contributed by atoms with Crippen molar-refractivity contribution in [3.63, 3.8) is 0 Å². The molecule has 2 N–H and O–H groups in total. The third-order valence-corrected chi connectivity index (χ3v) is 1.60. The lowest BCUT2D eigenvalue weighted by molar-refractivity contribution is -0.829. The second-order valence-corrected chi connectivity index (χ2v) is 3.37. The Balaban J connectivity index is 2.49. The Kier molecular flexibility index (Phi) is 2.53. The number of carbonyl (C=O) groups is 2. The molecule has 0 aromatic heterocycles. The average Bonchev–Trinajstić information content (AvgIpc) is 2.34. The number of hydrogen-bond acceptors (Lipinski definition) is 5. The van der Waals surface area contributed by atoms with Gasteiger partial charge in [0.1, 0.15) is 0 Å². The van der Waals surface area contributed by atoms with Gasteiger partial charge in [0.15, 0.2) is 0 Å². The Morgan fingerprint density at radius 1 is 1.69 bits per heavy atom. The number of nitrogens with zero attached hydrogens (tertiary/aromatic N) is 1. The third kappa shape index (κ3) is 2.40. The summed E-state index contributed by atoms with van der Waals surface area (Å²) < 4.78 is 8.98. The van der Waals surface area contributed by atoms with E-state index in [1.807, 2.05) is 0 Å². The van der Waals surface area contributed by atoms with Crippen LogP contribution in [0.15, 0.2) is 0 Å². The lowest BCUT2D eigenvalue weighted by Crippen LogP contribution is -2.53. The van der Waals surface area contributed by atoms with Gasteiger partial charge in [0.25, 0.3) is 0 Å². The minimum absolute atomic E-state index is 0.300. The van der Waals surface area contributed by atoms with E-state index in [9.17, 15) is 9.59 Å². The summed E-state index contributed by atoms with van der Waals surface area (Å²) in [4.78, 5) is 22.1. The van der Waals surface area contributed by atoms with E-state index in [-0.39, 0.29) is 0 Å². The third-order valence-electron chi connectivity index (χ3n) is 1.60. The molecule has 0 radical (unpaired) electrons. The van der Waals surface area contributed by atoms with Crippen molar-refractivity contribution in [2.24, 2.45) is 5.84 Å². The second kappa shape index (κ2) is 3.31. The van der Waals surface area contributed by atoms with E-state index >= 15 is 0 Å². The van der Waals surface area contributed by atoms with Gasteiger partial charge in [-0.15, -0.1) is 0 Å². The maximum Gasteiger partial charge on any atom is 0.536 e. The van der Waals surface area contributed by atoms with Gasteiger partial charge in [0, 0.05) is 6.42 Å². The largest absolute Gasteiger partial charge is 0.536 e. The van der Waals surface area contributed by atoms with Crippen molar-refractivity contribution in [2.45, 2.75) is 12.5 Å². The van der Waals surface area contributed by atoms with Crippen LogP contribution in [-0.2, 0) is 14.3 Å². The van der Waals surface area contributed by atoms with Crippen LogP contribution in [0.4, 0.5) is 4.79 Å². The first-order valence-corrected chi connectivity index (χ1v) is 3.91. The van der Waals surface area contributed by atoms with Crippen LogP contribution in [0.2, 0.25) is 0 Å². The van der Waals surface area contributed by atoms with Gasteiger partial charge in [-0.05, 0) is 0 Å². The molecule has 0 aliphatic carbocycles. The number of rotatable bonds is 1. The zero-order valence-electron chi connectivity index (χ0n) is 7.65. The predicted octanol–water partition coefficient (Wildman–Crippen LogP) is -0.611. The molecule has 1 unspecified atom stereocenters. The number of nitrogens with two attached hydrogens (primary N) is 1. The molecular weight excluding hydrogens is 176 g/mol. The molecule has 0 saturated carbocycles. The van der Waals surface area contributed by atoms with E-state index < -0.39 is 22.8 Å². The molecule has 13 heavy (non-hydrogen) atoms. The molecule has 0 aromatic rings. The first-order chi connectivity index (χ1) is 5.91. The highest BCUT2D eigenvalue weighted by Crippen LogP contribution is 2.11. The SMILES string of the molecule is C[N+](C)(N)C(=O)OC1CCOC1=O. The Morgan fingerprint density at radius 3 is 2.69 bits per heavy atom. The number of cyclic esters (lactones) is 1. The molecule has 6 heteroatoms. The number of esters is 1. The van der Waals surface area contributed by atoms with Gasteiger partial charge in [-0.25, -0.2) is 4.79 Å². The fraction of sp³-hybridized carbons (Fsp3) is 0.714. The molecule has 0 aromatic carbocycles. The Labute approximate surface area is 75.8 Å². The van der Waals surface area contributed by atoms with Gasteiger partial charge in [-0.2, -0.15) is 15.2 Å². The first-order valence-electron chi connectivity index (χ1n) is 3.91. The molecule has 6 nitrogen and oxygen atoms in total. The highest BCUT2D eigenvalue weighted by molar-refractivity contribution is 5.78. The fourth-order valence-electron chi connectivity index (χ4n) is 0.842. The molecule has 1 saturated heterocycles. The number of hydrogen-bond donors (Lipinski definition) is 1. The van der Waals surface area contributed by atoms with Gasteiger partial charge in [-0.3, -0.25) is 0 Å². The maximum absolute atomic E-state index is 11.2. The Morgan fingerprint density at radius 2 is 2.31 bits per heavy atom.